The van der Waals surface area contributed by atoms with Crippen LogP contribution in [0.3, 0.4) is 0 Å². The van der Waals surface area contributed by atoms with Crippen molar-refractivity contribution < 1.29 is 4.74 Å². The lowest BCUT2D eigenvalue weighted by molar-refractivity contribution is 0.297. The largest absolute Gasteiger partial charge is 0.469 e. The minimum atomic E-state index is 0.301. The maximum atomic E-state index is 5.61. The van der Waals surface area contributed by atoms with Gasteiger partial charge in [-0.2, -0.15) is 0 Å². The summed E-state index contributed by atoms with van der Waals surface area (Å²) in [4.78, 5) is 9.13. The van der Waals surface area contributed by atoms with Crippen molar-refractivity contribution in [2.24, 2.45) is 0 Å². The highest BCUT2D eigenvalue weighted by Gasteiger charge is 2.05. The average molecular weight is 286 g/mol. The number of nitrogens with two attached hydrogens (primary N) is 1. The van der Waals surface area contributed by atoms with Gasteiger partial charge in [-0.3, -0.25) is 0 Å². The molecule has 4 nitrogen and oxygen atoms in total. The third kappa shape index (κ3) is 2.66. The van der Waals surface area contributed by atoms with Crippen molar-refractivity contribution >= 4 is 33.1 Å². The molecule has 0 aliphatic heterocycles. The summed E-state index contributed by atoms with van der Waals surface area (Å²) in [5, 5.41) is 1.99. The molecule has 2 heterocycles. The quantitative estimate of drug-likeness (QED) is 0.941. The van der Waals surface area contributed by atoms with E-state index in [4.69, 9.17) is 10.5 Å². The molecular formula is C9H8BrN3OS. The molecule has 0 aromatic carbocycles. The average Bonchev–Trinajstić information content (AvgIpc) is 2.72. The van der Waals surface area contributed by atoms with Crippen LogP contribution in [0, 0.1) is 0 Å². The molecule has 0 aliphatic rings. The maximum absolute atomic E-state index is 5.61. The van der Waals surface area contributed by atoms with Crippen molar-refractivity contribution in [3.8, 4) is 5.88 Å². The number of ether oxygens (including phenoxy) is 1. The summed E-state index contributed by atoms with van der Waals surface area (Å²) < 4.78 is 6.05. The highest BCUT2D eigenvalue weighted by Crippen LogP contribution is 2.20. The second-order valence-electron chi connectivity index (χ2n) is 2.75. The topological polar surface area (TPSA) is 61.0 Å². The normalized spacial score (nSPS) is 10.2. The van der Waals surface area contributed by atoms with Crippen LogP contribution >= 0.6 is 27.3 Å². The molecule has 2 aromatic heterocycles. The van der Waals surface area contributed by atoms with Crippen LogP contribution in [-0.2, 0) is 6.61 Å². The summed E-state index contributed by atoms with van der Waals surface area (Å²) in [6.45, 7) is 0.465. The van der Waals surface area contributed by atoms with Gasteiger partial charge in [-0.25, -0.2) is 9.97 Å². The summed E-state index contributed by atoms with van der Waals surface area (Å²) in [7, 11) is 0. The molecule has 0 saturated carbocycles. The first-order chi connectivity index (χ1) is 7.25. The lowest BCUT2D eigenvalue weighted by Gasteiger charge is -2.05. The van der Waals surface area contributed by atoms with Gasteiger partial charge in [0.15, 0.2) is 5.82 Å². The molecule has 0 atom stereocenters. The van der Waals surface area contributed by atoms with E-state index in [1.807, 2.05) is 17.5 Å². The molecule has 0 saturated heterocycles. The second-order valence-corrected chi connectivity index (χ2v) is 4.60. The number of hydrogen-bond acceptors (Lipinski definition) is 5. The number of nitrogens with zero attached hydrogens (tertiary/aromatic N) is 2. The summed E-state index contributed by atoms with van der Waals surface area (Å²) in [6, 6.07) is 3.96. The minimum Gasteiger partial charge on any atom is -0.469 e. The van der Waals surface area contributed by atoms with Crippen molar-refractivity contribution in [2.45, 2.75) is 6.61 Å². The number of anilines is 1. The highest BCUT2D eigenvalue weighted by atomic mass is 79.9. The molecular weight excluding hydrogens is 278 g/mol. The Hall–Kier alpha value is -1.14. The van der Waals surface area contributed by atoms with Gasteiger partial charge in [-0.05, 0) is 27.4 Å². The second kappa shape index (κ2) is 4.59. The van der Waals surface area contributed by atoms with Crippen molar-refractivity contribution in [3.63, 3.8) is 0 Å². The zero-order chi connectivity index (χ0) is 10.7. The highest BCUT2D eigenvalue weighted by molar-refractivity contribution is 9.10. The summed E-state index contributed by atoms with van der Waals surface area (Å²) in [5.74, 6) is 0.660. The van der Waals surface area contributed by atoms with Gasteiger partial charge < -0.3 is 10.5 Å². The van der Waals surface area contributed by atoms with Gasteiger partial charge in [0.1, 0.15) is 11.2 Å². The molecule has 0 radical (unpaired) electrons. The van der Waals surface area contributed by atoms with Gasteiger partial charge >= 0.3 is 0 Å². The lowest BCUT2D eigenvalue weighted by Crippen LogP contribution is -2.01. The van der Waals surface area contributed by atoms with E-state index in [-0.39, 0.29) is 0 Å². The van der Waals surface area contributed by atoms with E-state index >= 15 is 0 Å². The fraction of sp³-hybridized carbons (Fsp3) is 0.111. The van der Waals surface area contributed by atoms with E-state index in [1.165, 1.54) is 6.20 Å². The third-order valence-corrected chi connectivity index (χ3v) is 2.90. The summed E-state index contributed by atoms with van der Waals surface area (Å²) >= 11 is 4.83. The molecule has 0 aliphatic carbocycles. The van der Waals surface area contributed by atoms with Gasteiger partial charge in [0.25, 0.3) is 5.88 Å². The van der Waals surface area contributed by atoms with Crippen LogP contribution in [0.5, 0.6) is 5.88 Å². The van der Waals surface area contributed by atoms with E-state index in [0.717, 1.165) is 4.88 Å². The van der Waals surface area contributed by atoms with E-state index < -0.39 is 0 Å². The smallest absolute Gasteiger partial charge is 0.258 e. The maximum Gasteiger partial charge on any atom is 0.258 e. The zero-order valence-corrected chi connectivity index (χ0v) is 10.1. The SMILES string of the molecule is Nc1ncc(Br)nc1OCc1cccs1. The third-order valence-electron chi connectivity index (χ3n) is 1.67. The predicted octanol–water partition coefficient (Wildman–Crippen LogP) is 2.46. The van der Waals surface area contributed by atoms with Gasteiger partial charge in [0.05, 0.1) is 6.20 Å². The minimum absolute atomic E-state index is 0.301. The molecule has 2 N–H and O–H groups in total. The number of thiophene rings is 1. The standard InChI is InChI=1S/C9H8BrN3OS/c10-7-4-12-8(11)9(13-7)14-5-6-2-1-3-15-6/h1-4H,5H2,(H2,11,12). The van der Waals surface area contributed by atoms with Crippen molar-refractivity contribution in [1.29, 1.82) is 0 Å². The summed E-state index contributed by atoms with van der Waals surface area (Å²) in [5.41, 5.74) is 5.61. The van der Waals surface area contributed by atoms with Gasteiger partial charge in [0.2, 0.25) is 0 Å². The van der Waals surface area contributed by atoms with Gasteiger partial charge in [-0.15, -0.1) is 11.3 Å². The molecule has 0 amide bonds. The Morgan fingerprint density at radius 3 is 3.13 bits per heavy atom. The fourth-order valence-corrected chi connectivity index (χ4v) is 1.88. The van der Waals surface area contributed by atoms with E-state index in [0.29, 0.717) is 22.9 Å². The van der Waals surface area contributed by atoms with Crippen molar-refractivity contribution in [2.75, 3.05) is 5.73 Å². The molecule has 0 spiro atoms. The van der Waals surface area contributed by atoms with Gasteiger partial charge in [-0.1, -0.05) is 6.07 Å². The Bertz CT molecular complexity index is 447. The number of rotatable bonds is 3. The zero-order valence-electron chi connectivity index (χ0n) is 7.68. The fourth-order valence-electron chi connectivity index (χ4n) is 1.00. The lowest BCUT2D eigenvalue weighted by atomic mass is 10.5. The Balaban J connectivity index is 2.07. The van der Waals surface area contributed by atoms with E-state index in [1.54, 1.807) is 11.3 Å². The number of nitrogen functional groups attached to an aromatic ring is 1. The molecule has 2 rings (SSSR count). The predicted molar refractivity (Wildman–Crippen MR) is 62.8 cm³/mol. The van der Waals surface area contributed by atoms with Crippen LogP contribution in [0.15, 0.2) is 28.3 Å². The van der Waals surface area contributed by atoms with Crippen LogP contribution in [0.1, 0.15) is 4.88 Å². The number of hydrogen-bond donors (Lipinski definition) is 1. The number of aromatic nitrogens is 2. The van der Waals surface area contributed by atoms with Crippen LogP contribution < -0.4 is 10.5 Å². The van der Waals surface area contributed by atoms with Crippen LogP contribution in [-0.4, -0.2) is 9.97 Å². The van der Waals surface area contributed by atoms with Crippen LogP contribution in [0.2, 0.25) is 0 Å². The monoisotopic (exact) mass is 285 g/mol. The molecule has 0 unspecified atom stereocenters. The van der Waals surface area contributed by atoms with E-state index in [9.17, 15) is 0 Å². The molecule has 0 bridgehead atoms. The van der Waals surface area contributed by atoms with E-state index in [2.05, 4.69) is 25.9 Å². The molecule has 15 heavy (non-hydrogen) atoms. The first-order valence-corrected chi connectivity index (χ1v) is 5.86. The first-order valence-electron chi connectivity index (χ1n) is 4.19. The number of halogens is 1. The Kier molecular flexibility index (Phi) is 3.17. The molecule has 2 aromatic rings. The molecule has 0 fully saturated rings. The van der Waals surface area contributed by atoms with Crippen molar-refractivity contribution in [3.05, 3.63) is 33.2 Å². The Morgan fingerprint density at radius 2 is 2.40 bits per heavy atom. The summed E-state index contributed by atoms with van der Waals surface area (Å²) in [6.07, 6.45) is 1.54. The molecule has 78 valence electrons. The van der Waals surface area contributed by atoms with Gasteiger partial charge in [0, 0.05) is 4.88 Å². The first kappa shape index (κ1) is 10.4. The van der Waals surface area contributed by atoms with Crippen LogP contribution in [0.4, 0.5) is 5.82 Å². The Morgan fingerprint density at radius 1 is 1.53 bits per heavy atom. The Labute approximate surface area is 99.3 Å². The van der Waals surface area contributed by atoms with Crippen molar-refractivity contribution in [1.82, 2.24) is 9.97 Å². The van der Waals surface area contributed by atoms with Crippen LogP contribution in [0.25, 0.3) is 0 Å². The molecule has 6 heteroatoms.